The summed E-state index contributed by atoms with van der Waals surface area (Å²) in [5.74, 6) is 2.19. The second-order valence-corrected chi connectivity index (χ2v) is 6.90. The molecule has 0 aliphatic heterocycles. The van der Waals surface area contributed by atoms with Crippen molar-refractivity contribution in [2.45, 2.75) is 46.4 Å². The van der Waals surface area contributed by atoms with E-state index in [4.69, 9.17) is 9.15 Å². The maximum Gasteiger partial charge on any atom is 0.191 e. The predicted octanol–water partition coefficient (Wildman–Crippen LogP) is 3.62. The van der Waals surface area contributed by atoms with E-state index in [1.165, 1.54) is 0 Å². The highest BCUT2D eigenvalue weighted by Crippen LogP contribution is 2.26. The average molecular weight is 501 g/mol. The zero-order valence-electron chi connectivity index (χ0n) is 17.3. The molecule has 2 aromatic rings. The molecule has 0 aliphatic carbocycles. The van der Waals surface area contributed by atoms with Gasteiger partial charge in [0.15, 0.2) is 5.96 Å². The minimum Gasteiger partial charge on any atom is -0.466 e. The quantitative estimate of drug-likeness (QED) is 0.293. The van der Waals surface area contributed by atoms with E-state index in [2.05, 4.69) is 27.8 Å². The number of rotatable bonds is 8. The van der Waals surface area contributed by atoms with Crippen molar-refractivity contribution in [3.8, 4) is 0 Å². The van der Waals surface area contributed by atoms with Crippen LogP contribution < -0.4 is 10.6 Å². The number of furan rings is 1. The van der Waals surface area contributed by atoms with Crippen molar-refractivity contribution >= 4 is 29.9 Å². The monoisotopic (exact) mass is 501 g/mol. The lowest BCUT2D eigenvalue weighted by Crippen LogP contribution is -2.44. The molecule has 2 rings (SSSR count). The van der Waals surface area contributed by atoms with Gasteiger partial charge >= 0.3 is 0 Å². The topological polar surface area (TPSA) is 79.0 Å². The van der Waals surface area contributed by atoms with Gasteiger partial charge < -0.3 is 24.9 Å². The number of nitrogens with zero attached hydrogens (tertiary/aromatic N) is 1. The van der Waals surface area contributed by atoms with E-state index in [1.54, 1.807) is 14.0 Å². The SMILES string of the molecule is CCNC(=NCc1ccc(COC)cc1)NCC(C)(O)c1cc(C)oc1C.I. The third kappa shape index (κ3) is 7.10. The van der Waals surface area contributed by atoms with Crippen molar-refractivity contribution < 1.29 is 14.3 Å². The maximum atomic E-state index is 10.8. The van der Waals surface area contributed by atoms with Gasteiger partial charge in [0.05, 0.1) is 19.7 Å². The van der Waals surface area contributed by atoms with Crippen molar-refractivity contribution in [3.63, 3.8) is 0 Å². The van der Waals surface area contributed by atoms with Gasteiger partial charge in [0.1, 0.15) is 17.1 Å². The Morgan fingerprint density at radius 1 is 1.18 bits per heavy atom. The van der Waals surface area contributed by atoms with Crippen LogP contribution in [-0.2, 0) is 23.5 Å². The summed E-state index contributed by atoms with van der Waals surface area (Å²) in [5.41, 5.74) is 1.98. The molecule has 28 heavy (non-hydrogen) atoms. The smallest absolute Gasteiger partial charge is 0.191 e. The summed E-state index contributed by atoms with van der Waals surface area (Å²) < 4.78 is 10.7. The molecular weight excluding hydrogens is 469 g/mol. The largest absolute Gasteiger partial charge is 0.466 e. The molecule has 0 radical (unpaired) electrons. The summed E-state index contributed by atoms with van der Waals surface area (Å²) in [5, 5.41) is 17.3. The highest BCUT2D eigenvalue weighted by atomic mass is 127. The number of methoxy groups -OCH3 is 1. The fraction of sp³-hybridized carbons (Fsp3) is 0.476. The zero-order valence-corrected chi connectivity index (χ0v) is 19.7. The Labute approximate surface area is 184 Å². The van der Waals surface area contributed by atoms with E-state index in [0.717, 1.165) is 34.8 Å². The number of guanidine groups is 1. The van der Waals surface area contributed by atoms with E-state index in [-0.39, 0.29) is 24.0 Å². The Morgan fingerprint density at radius 2 is 1.82 bits per heavy atom. The van der Waals surface area contributed by atoms with Gasteiger partial charge in [-0.3, -0.25) is 0 Å². The van der Waals surface area contributed by atoms with Gasteiger partial charge in [0.2, 0.25) is 0 Å². The molecule has 0 saturated carbocycles. The summed E-state index contributed by atoms with van der Waals surface area (Å²) >= 11 is 0. The zero-order chi connectivity index (χ0) is 19.9. The van der Waals surface area contributed by atoms with Crippen molar-refractivity contribution in [1.82, 2.24) is 10.6 Å². The number of nitrogens with one attached hydrogen (secondary N) is 2. The molecule has 1 aromatic heterocycles. The summed E-state index contributed by atoms with van der Waals surface area (Å²) in [7, 11) is 1.69. The van der Waals surface area contributed by atoms with Crippen molar-refractivity contribution in [3.05, 3.63) is 58.5 Å². The Kier molecular flexibility index (Phi) is 9.98. The number of aliphatic hydroxyl groups is 1. The van der Waals surface area contributed by atoms with Gasteiger partial charge in [-0.05, 0) is 44.9 Å². The maximum absolute atomic E-state index is 10.8. The van der Waals surface area contributed by atoms with Crippen molar-refractivity contribution in [2.24, 2.45) is 4.99 Å². The first kappa shape index (κ1) is 24.5. The lowest BCUT2D eigenvalue weighted by atomic mass is 9.96. The third-order valence-corrected chi connectivity index (χ3v) is 4.32. The summed E-state index contributed by atoms with van der Waals surface area (Å²) in [6.45, 7) is 9.75. The minimum absolute atomic E-state index is 0. The van der Waals surface area contributed by atoms with E-state index < -0.39 is 5.60 Å². The Hall–Kier alpha value is -1.58. The van der Waals surface area contributed by atoms with Crippen LogP contribution in [0.15, 0.2) is 39.7 Å². The molecule has 1 unspecified atom stereocenters. The first-order valence-electron chi connectivity index (χ1n) is 9.24. The number of halogens is 1. The fourth-order valence-corrected chi connectivity index (χ4v) is 2.94. The minimum atomic E-state index is -1.06. The lowest BCUT2D eigenvalue weighted by molar-refractivity contribution is 0.0601. The molecule has 3 N–H and O–H groups in total. The first-order chi connectivity index (χ1) is 12.9. The van der Waals surface area contributed by atoms with Crippen LogP contribution >= 0.6 is 24.0 Å². The van der Waals surface area contributed by atoms with Crippen LogP contribution in [0.5, 0.6) is 0 Å². The van der Waals surface area contributed by atoms with Crippen LogP contribution in [0.25, 0.3) is 0 Å². The number of aryl methyl sites for hydroxylation is 2. The van der Waals surface area contributed by atoms with Crippen molar-refractivity contribution in [2.75, 3.05) is 20.2 Å². The number of hydrogen-bond acceptors (Lipinski definition) is 4. The second-order valence-electron chi connectivity index (χ2n) is 6.90. The van der Waals surface area contributed by atoms with Crippen LogP contribution in [0.2, 0.25) is 0 Å². The molecule has 0 spiro atoms. The van der Waals surface area contributed by atoms with E-state index in [1.807, 2.05) is 39.0 Å². The van der Waals surface area contributed by atoms with Gasteiger partial charge in [-0.15, -0.1) is 24.0 Å². The van der Waals surface area contributed by atoms with Gasteiger partial charge in [-0.25, -0.2) is 4.99 Å². The van der Waals surface area contributed by atoms with Crippen LogP contribution in [0.1, 0.15) is 42.1 Å². The van der Waals surface area contributed by atoms with Gasteiger partial charge in [-0.1, -0.05) is 24.3 Å². The number of aliphatic imine (C=N–C) groups is 1. The molecule has 0 aliphatic rings. The molecule has 0 saturated heterocycles. The van der Waals surface area contributed by atoms with Gasteiger partial charge in [-0.2, -0.15) is 0 Å². The molecule has 6 nitrogen and oxygen atoms in total. The number of benzene rings is 1. The number of hydrogen-bond donors (Lipinski definition) is 3. The summed E-state index contributed by atoms with van der Waals surface area (Å²) in [6, 6.07) is 10.1. The van der Waals surface area contributed by atoms with Crippen LogP contribution in [-0.4, -0.2) is 31.3 Å². The molecule has 0 fully saturated rings. The molecule has 1 heterocycles. The van der Waals surface area contributed by atoms with E-state index in [9.17, 15) is 5.11 Å². The predicted molar refractivity (Wildman–Crippen MR) is 123 cm³/mol. The number of ether oxygens (including phenoxy) is 1. The standard InChI is InChI=1S/C21H31N3O3.HI/c1-6-22-20(23-12-17-7-9-18(10-8-17)13-26-5)24-14-21(4,25)19-11-15(2)27-16(19)3;/h7-11,25H,6,12-14H2,1-5H3,(H2,22,23,24);1H. The molecule has 1 atom stereocenters. The normalized spacial score (nSPS) is 13.6. The summed E-state index contributed by atoms with van der Waals surface area (Å²) in [6.07, 6.45) is 0. The molecular formula is C21H32IN3O3. The summed E-state index contributed by atoms with van der Waals surface area (Å²) in [4.78, 5) is 4.61. The molecule has 0 amide bonds. The first-order valence-corrected chi connectivity index (χ1v) is 9.24. The fourth-order valence-electron chi connectivity index (χ4n) is 2.94. The molecule has 0 bridgehead atoms. The van der Waals surface area contributed by atoms with E-state index in [0.29, 0.717) is 25.7 Å². The highest BCUT2D eigenvalue weighted by Gasteiger charge is 2.27. The van der Waals surface area contributed by atoms with E-state index >= 15 is 0 Å². The molecule has 156 valence electrons. The Morgan fingerprint density at radius 3 is 2.36 bits per heavy atom. The third-order valence-electron chi connectivity index (χ3n) is 4.32. The average Bonchev–Trinajstić information content (AvgIpc) is 2.98. The Bertz CT molecular complexity index is 755. The van der Waals surface area contributed by atoms with Crippen LogP contribution in [0.3, 0.4) is 0 Å². The van der Waals surface area contributed by atoms with Crippen LogP contribution in [0.4, 0.5) is 0 Å². The highest BCUT2D eigenvalue weighted by molar-refractivity contribution is 14.0. The second kappa shape index (κ2) is 11.4. The molecule has 1 aromatic carbocycles. The van der Waals surface area contributed by atoms with Crippen LogP contribution in [0, 0.1) is 13.8 Å². The van der Waals surface area contributed by atoms with Crippen molar-refractivity contribution in [1.29, 1.82) is 0 Å². The van der Waals surface area contributed by atoms with Gasteiger partial charge in [0, 0.05) is 19.2 Å². The Balaban J connectivity index is 0.00000392. The van der Waals surface area contributed by atoms with Gasteiger partial charge in [0.25, 0.3) is 0 Å². The lowest BCUT2D eigenvalue weighted by Gasteiger charge is -2.24. The molecule has 7 heteroatoms.